The van der Waals surface area contributed by atoms with Crippen LogP contribution in [0.15, 0.2) is 50.6 Å². The van der Waals surface area contributed by atoms with Crippen molar-refractivity contribution in [3.05, 3.63) is 36.4 Å². The molecule has 0 saturated carbocycles. The van der Waals surface area contributed by atoms with E-state index in [4.69, 9.17) is 12.8 Å². The van der Waals surface area contributed by atoms with Crippen molar-refractivity contribution in [2.45, 2.75) is 75.0 Å². The molecule has 3 aromatic rings. The van der Waals surface area contributed by atoms with E-state index in [0.717, 1.165) is 38.5 Å². The molecule has 0 spiro atoms. The van der Waals surface area contributed by atoms with Gasteiger partial charge in [-0.1, -0.05) is 70.6 Å². The Morgan fingerprint density at radius 1 is 0.697 bits per heavy atom. The average Bonchev–Trinajstić information content (AvgIpc) is 3.16. The summed E-state index contributed by atoms with van der Waals surface area (Å²) < 4.78 is 69.1. The molecule has 0 aliphatic rings. The van der Waals surface area contributed by atoms with Gasteiger partial charge in [-0.25, -0.2) is 0 Å². The van der Waals surface area contributed by atoms with E-state index in [9.17, 15) is 16.8 Å². The van der Waals surface area contributed by atoms with Crippen LogP contribution in [0.4, 0.5) is 0 Å². The zero-order valence-electron chi connectivity index (χ0n) is 19.2. The smallest absolute Gasteiger partial charge is 0.299 e. The monoisotopic (exact) mass is 496 g/mol. The lowest BCUT2D eigenvalue weighted by molar-refractivity contribution is 0.299. The molecule has 0 fully saturated rings. The van der Waals surface area contributed by atoms with Crippen molar-refractivity contribution >= 4 is 42.2 Å². The minimum absolute atomic E-state index is 0.0101. The van der Waals surface area contributed by atoms with Crippen LogP contribution in [-0.2, 0) is 28.6 Å². The van der Waals surface area contributed by atoms with Gasteiger partial charge in [-0.2, -0.15) is 16.8 Å². The van der Waals surface area contributed by atoms with Gasteiger partial charge >= 0.3 is 0 Å². The largest absolute Gasteiger partial charge is 0.456 e. The van der Waals surface area contributed by atoms with Crippen LogP contribution >= 0.6 is 0 Å². The summed E-state index contributed by atoms with van der Waals surface area (Å²) in [6.45, 7) is 4.08. The van der Waals surface area contributed by atoms with Gasteiger partial charge in [0, 0.05) is 5.39 Å². The molecule has 0 saturated heterocycles. The van der Waals surface area contributed by atoms with E-state index < -0.39 is 30.0 Å². The maximum absolute atomic E-state index is 13.3. The Morgan fingerprint density at radius 2 is 1.30 bits per heavy atom. The van der Waals surface area contributed by atoms with E-state index >= 15 is 0 Å². The van der Waals surface area contributed by atoms with Crippen LogP contribution in [0.3, 0.4) is 0 Å². The minimum atomic E-state index is -4.41. The Balaban J connectivity index is 2.05. The predicted molar refractivity (Wildman–Crippen MR) is 128 cm³/mol. The van der Waals surface area contributed by atoms with Crippen LogP contribution < -0.4 is 0 Å². The fourth-order valence-corrected chi connectivity index (χ4v) is 6.60. The summed E-state index contributed by atoms with van der Waals surface area (Å²) >= 11 is 0. The highest BCUT2D eigenvalue weighted by Crippen LogP contribution is 2.38. The van der Waals surface area contributed by atoms with Gasteiger partial charge < -0.3 is 4.42 Å². The summed E-state index contributed by atoms with van der Waals surface area (Å²) in [5.41, 5.74) is 0.730. The highest BCUT2D eigenvalue weighted by atomic mass is 32.2. The van der Waals surface area contributed by atoms with E-state index in [-0.39, 0.29) is 24.2 Å². The van der Waals surface area contributed by atoms with Gasteiger partial charge in [0.1, 0.15) is 21.0 Å². The molecule has 0 atom stereocenters. The van der Waals surface area contributed by atoms with Gasteiger partial charge in [0.2, 0.25) is 0 Å². The molecule has 0 aliphatic heterocycles. The third-order valence-electron chi connectivity index (χ3n) is 5.45. The lowest BCUT2D eigenvalue weighted by Crippen LogP contribution is -2.16. The Morgan fingerprint density at radius 3 is 1.94 bits per heavy atom. The van der Waals surface area contributed by atoms with E-state index in [1.165, 1.54) is 12.1 Å². The van der Waals surface area contributed by atoms with E-state index in [0.29, 0.717) is 23.8 Å². The molecule has 7 nitrogen and oxygen atoms in total. The van der Waals surface area contributed by atoms with Gasteiger partial charge in [-0.3, -0.25) is 8.37 Å². The molecule has 0 N–H and O–H groups in total. The molecule has 1 heterocycles. The normalized spacial score (nSPS) is 12.7. The molecule has 9 heteroatoms. The first-order valence-corrected chi connectivity index (χ1v) is 14.4. The van der Waals surface area contributed by atoms with Crippen molar-refractivity contribution < 1.29 is 29.6 Å². The Labute approximate surface area is 196 Å². The fraction of sp³-hybridized carbons (Fsp3) is 0.500. The standard InChI is InChI=1S/C24H32O7S2/c1-3-5-7-11-17-29-32(25,26)22-16-15-21-23(19-13-9-10-14-20(19)31-21)24(22)33(27,28)30-18-12-8-6-4-2/h9-10,13-16H,3-8,11-12,17-18H2,1-2H3. The SMILES string of the molecule is CCCCCCOS(=O)(=O)c1ccc2oc3ccccc3c2c1S(=O)(=O)OCCCCCC. The van der Waals surface area contributed by atoms with Crippen LogP contribution in [0.5, 0.6) is 0 Å². The van der Waals surface area contributed by atoms with Crippen molar-refractivity contribution in [2.24, 2.45) is 0 Å². The van der Waals surface area contributed by atoms with Gasteiger partial charge in [0.15, 0.2) is 0 Å². The second-order valence-corrected chi connectivity index (χ2v) is 11.2. The number of unbranched alkanes of at least 4 members (excludes halogenated alkanes) is 6. The van der Waals surface area contributed by atoms with Gasteiger partial charge in [-0.05, 0) is 31.0 Å². The molecule has 0 aliphatic carbocycles. The van der Waals surface area contributed by atoms with Gasteiger partial charge in [0.05, 0.1) is 18.6 Å². The molecular weight excluding hydrogens is 464 g/mol. The first-order chi connectivity index (χ1) is 15.8. The van der Waals surface area contributed by atoms with Crippen molar-refractivity contribution in [3.8, 4) is 0 Å². The maximum atomic E-state index is 13.3. The van der Waals surface area contributed by atoms with Crippen molar-refractivity contribution in [1.82, 2.24) is 0 Å². The predicted octanol–water partition coefficient (Wildman–Crippen LogP) is 6.16. The molecule has 0 radical (unpaired) electrons. The van der Waals surface area contributed by atoms with Crippen LogP contribution in [0.25, 0.3) is 21.9 Å². The summed E-state index contributed by atoms with van der Waals surface area (Å²) in [7, 11) is -8.75. The number of rotatable bonds is 14. The van der Waals surface area contributed by atoms with E-state index in [1.807, 2.05) is 0 Å². The van der Waals surface area contributed by atoms with Gasteiger partial charge in [0.25, 0.3) is 20.2 Å². The van der Waals surface area contributed by atoms with E-state index in [1.54, 1.807) is 24.3 Å². The first-order valence-electron chi connectivity index (χ1n) is 11.5. The Hall–Kier alpha value is -1.94. The molecule has 2 aromatic carbocycles. The molecule has 0 bridgehead atoms. The lowest BCUT2D eigenvalue weighted by Gasteiger charge is -2.13. The minimum Gasteiger partial charge on any atom is -0.456 e. The van der Waals surface area contributed by atoms with Crippen LogP contribution in [0, 0.1) is 0 Å². The van der Waals surface area contributed by atoms with Crippen molar-refractivity contribution in [2.75, 3.05) is 13.2 Å². The van der Waals surface area contributed by atoms with Gasteiger partial charge in [-0.15, -0.1) is 0 Å². The molecule has 0 unspecified atom stereocenters. The molecule has 0 amide bonds. The third kappa shape index (κ3) is 6.15. The molecule has 3 rings (SSSR count). The zero-order valence-corrected chi connectivity index (χ0v) is 20.8. The summed E-state index contributed by atoms with van der Waals surface area (Å²) in [5.74, 6) is 0. The topological polar surface area (TPSA) is 99.9 Å². The quantitative estimate of drug-likeness (QED) is 0.195. The number of hydrogen-bond donors (Lipinski definition) is 0. The number of para-hydroxylation sites is 1. The molecular formula is C24H32O7S2. The highest BCUT2D eigenvalue weighted by Gasteiger charge is 2.32. The zero-order chi connectivity index (χ0) is 23.9. The maximum Gasteiger partial charge on any atom is 0.299 e. The molecule has 33 heavy (non-hydrogen) atoms. The second kappa shape index (κ2) is 11.5. The Bertz CT molecular complexity index is 1270. The molecule has 182 valence electrons. The summed E-state index contributed by atoms with van der Waals surface area (Å²) in [6, 6.07) is 9.59. The van der Waals surface area contributed by atoms with Crippen LogP contribution in [-0.4, -0.2) is 30.0 Å². The summed E-state index contributed by atoms with van der Waals surface area (Å²) in [4.78, 5) is -0.848. The van der Waals surface area contributed by atoms with Crippen LogP contribution in [0.2, 0.25) is 0 Å². The number of fused-ring (bicyclic) bond motifs is 3. The number of furan rings is 1. The number of benzene rings is 2. The fourth-order valence-electron chi connectivity index (χ4n) is 3.73. The average molecular weight is 497 g/mol. The third-order valence-corrected chi connectivity index (χ3v) is 8.34. The second-order valence-electron chi connectivity index (χ2n) is 8.04. The molecule has 1 aromatic heterocycles. The van der Waals surface area contributed by atoms with Crippen LogP contribution in [0.1, 0.15) is 65.2 Å². The first kappa shape index (κ1) is 25.7. The van der Waals surface area contributed by atoms with E-state index in [2.05, 4.69) is 13.8 Å². The van der Waals surface area contributed by atoms with Crippen molar-refractivity contribution in [3.63, 3.8) is 0 Å². The highest BCUT2D eigenvalue weighted by molar-refractivity contribution is 7.90. The Kier molecular flexibility index (Phi) is 8.92. The summed E-state index contributed by atoms with van der Waals surface area (Å²) in [6.07, 6.45) is 6.75. The van der Waals surface area contributed by atoms with Crippen molar-refractivity contribution in [1.29, 1.82) is 0 Å². The number of hydrogen-bond acceptors (Lipinski definition) is 7. The lowest BCUT2D eigenvalue weighted by atomic mass is 10.1. The summed E-state index contributed by atoms with van der Waals surface area (Å²) in [5, 5.41) is 0.690.